The highest BCUT2D eigenvalue weighted by Crippen LogP contribution is 2.27. The zero-order valence-corrected chi connectivity index (χ0v) is 18.2. The molecule has 9 heteroatoms. The molecule has 0 fully saturated rings. The average molecular weight is 419 g/mol. The third kappa shape index (κ3) is 4.90. The monoisotopic (exact) mass is 419 g/mol. The number of rotatable bonds is 5. The van der Waals surface area contributed by atoms with E-state index in [1.54, 1.807) is 17.0 Å². The predicted octanol–water partition coefficient (Wildman–Crippen LogP) is 2.78. The molecule has 1 aliphatic heterocycles. The Hall–Kier alpha value is -3.10. The minimum absolute atomic E-state index is 0.240. The molecule has 1 aromatic carbocycles. The lowest BCUT2D eigenvalue weighted by atomic mass is 9.97. The fraction of sp³-hybridized carbons (Fsp3) is 0.524. The first-order valence-corrected chi connectivity index (χ1v) is 9.61. The second kappa shape index (κ2) is 8.33. The van der Waals surface area contributed by atoms with Crippen molar-refractivity contribution in [3.05, 3.63) is 35.4 Å². The Balaban J connectivity index is 2.25. The fourth-order valence-corrected chi connectivity index (χ4v) is 3.70. The van der Waals surface area contributed by atoms with Crippen LogP contribution in [-0.2, 0) is 9.47 Å². The molecule has 1 aliphatic rings. The summed E-state index contributed by atoms with van der Waals surface area (Å²) in [5.74, 6) is -1.10. The number of amides is 4. The molecule has 30 heavy (non-hydrogen) atoms. The maximum Gasteiger partial charge on any atom is 0.410 e. The third-order valence-electron chi connectivity index (χ3n) is 4.53. The van der Waals surface area contributed by atoms with Crippen molar-refractivity contribution in [2.75, 3.05) is 13.2 Å². The fourth-order valence-electron chi connectivity index (χ4n) is 3.70. The molecule has 0 saturated carbocycles. The molecule has 2 N–H and O–H groups in total. The molecule has 2 rings (SSSR count). The van der Waals surface area contributed by atoms with E-state index in [1.807, 2.05) is 41.5 Å². The molecule has 0 spiro atoms. The first-order valence-electron chi connectivity index (χ1n) is 9.61. The van der Waals surface area contributed by atoms with E-state index in [1.165, 1.54) is 12.1 Å². The molecule has 0 aromatic heterocycles. The van der Waals surface area contributed by atoms with E-state index in [0.29, 0.717) is 0 Å². The summed E-state index contributed by atoms with van der Waals surface area (Å²) in [4.78, 5) is 52.0. The Morgan fingerprint density at radius 3 is 1.77 bits per heavy atom. The van der Waals surface area contributed by atoms with E-state index in [4.69, 9.17) is 15.2 Å². The summed E-state index contributed by atoms with van der Waals surface area (Å²) in [6.07, 6.45) is -1.68. The summed E-state index contributed by atoms with van der Waals surface area (Å²) in [6, 6.07) is 5.35. The Kier molecular flexibility index (Phi) is 6.44. The number of carbonyl (C=O) groups is 4. The highest BCUT2D eigenvalue weighted by atomic mass is 16.6. The first kappa shape index (κ1) is 23.2. The van der Waals surface area contributed by atoms with Crippen molar-refractivity contribution in [3.8, 4) is 0 Å². The summed E-state index contributed by atoms with van der Waals surface area (Å²) in [5.41, 5.74) is 4.45. The maximum absolute atomic E-state index is 12.9. The second-order valence-electron chi connectivity index (χ2n) is 9.06. The first-order chi connectivity index (χ1) is 13.7. The molecule has 1 atom stereocenters. The van der Waals surface area contributed by atoms with Gasteiger partial charge in [-0.25, -0.2) is 9.59 Å². The topological polar surface area (TPSA) is 119 Å². The van der Waals surface area contributed by atoms with Crippen LogP contribution in [0.5, 0.6) is 0 Å². The number of benzene rings is 1. The molecular formula is C21H29N3O6. The molecule has 164 valence electrons. The van der Waals surface area contributed by atoms with Gasteiger partial charge in [-0.3, -0.25) is 19.4 Å². The number of ether oxygens (including phenoxy) is 2. The number of nitrogens with two attached hydrogens (primary N) is 1. The Morgan fingerprint density at radius 1 is 0.933 bits per heavy atom. The predicted molar refractivity (Wildman–Crippen MR) is 109 cm³/mol. The van der Waals surface area contributed by atoms with Gasteiger partial charge in [-0.2, -0.15) is 0 Å². The van der Waals surface area contributed by atoms with E-state index in [-0.39, 0.29) is 24.3 Å². The SMILES string of the molecule is CC(C)(C)N(C(=O)OCC(COC(N)=O)N1C(=O)c2ccccc2C1=O)C(C)(C)C. The van der Waals surface area contributed by atoms with Gasteiger partial charge in [0.05, 0.1) is 11.1 Å². The van der Waals surface area contributed by atoms with Gasteiger partial charge in [-0.1, -0.05) is 12.1 Å². The van der Waals surface area contributed by atoms with Crippen LogP contribution in [0.4, 0.5) is 9.59 Å². The largest absolute Gasteiger partial charge is 0.447 e. The number of hydrogen-bond donors (Lipinski definition) is 1. The smallest absolute Gasteiger partial charge is 0.410 e. The lowest BCUT2D eigenvalue weighted by molar-refractivity contribution is 0.00105. The number of carbonyl (C=O) groups excluding carboxylic acids is 4. The van der Waals surface area contributed by atoms with Crippen LogP contribution in [0.15, 0.2) is 24.3 Å². The molecule has 0 saturated heterocycles. The van der Waals surface area contributed by atoms with Gasteiger partial charge in [0.15, 0.2) is 0 Å². The lowest BCUT2D eigenvalue weighted by Gasteiger charge is -2.44. The van der Waals surface area contributed by atoms with Crippen molar-refractivity contribution < 1.29 is 28.7 Å². The van der Waals surface area contributed by atoms with Crippen molar-refractivity contribution in [2.45, 2.75) is 58.7 Å². The van der Waals surface area contributed by atoms with Crippen molar-refractivity contribution in [2.24, 2.45) is 5.73 Å². The summed E-state index contributed by atoms with van der Waals surface area (Å²) in [5, 5.41) is 0. The number of hydrogen-bond acceptors (Lipinski definition) is 6. The summed E-state index contributed by atoms with van der Waals surface area (Å²) >= 11 is 0. The van der Waals surface area contributed by atoms with Gasteiger partial charge in [0.25, 0.3) is 11.8 Å². The van der Waals surface area contributed by atoms with Gasteiger partial charge in [0.2, 0.25) is 0 Å². The summed E-state index contributed by atoms with van der Waals surface area (Å²) in [6.45, 7) is 10.5. The van der Waals surface area contributed by atoms with E-state index in [2.05, 4.69) is 0 Å². The van der Waals surface area contributed by atoms with Crippen LogP contribution in [-0.4, -0.2) is 64.1 Å². The highest BCUT2D eigenvalue weighted by Gasteiger charge is 2.42. The minimum Gasteiger partial charge on any atom is -0.447 e. The molecule has 4 amide bonds. The molecule has 9 nitrogen and oxygen atoms in total. The zero-order chi connectivity index (χ0) is 22.9. The van der Waals surface area contributed by atoms with Crippen molar-refractivity contribution in [1.82, 2.24) is 9.80 Å². The number of primary amides is 1. The van der Waals surface area contributed by atoms with Gasteiger partial charge in [-0.05, 0) is 53.7 Å². The van der Waals surface area contributed by atoms with Crippen LogP contribution in [0.3, 0.4) is 0 Å². The van der Waals surface area contributed by atoms with E-state index in [9.17, 15) is 19.2 Å². The summed E-state index contributed by atoms with van der Waals surface area (Å²) < 4.78 is 10.3. The van der Waals surface area contributed by atoms with E-state index < -0.39 is 41.1 Å². The Bertz CT molecular complexity index is 804. The molecule has 0 radical (unpaired) electrons. The maximum atomic E-state index is 12.9. The molecule has 0 bridgehead atoms. The van der Waals surface area contributed by atoms with Crippen molar-refractivity contribution in [3.63, 3.8) is 0 Å². The van der Waals surface area contributed by atoms with Crippen molar-refractivity contribution >= 4 is 24.0 Å². The van der Waals surface area contributed by atoms with Crippen LogP contribution in [0.1, 0.15) is 62.3 Å². The third-order valence-corrected chi connectivity index (χ3v) is 4.53. The van der Waals surface area contributed by atoms with Crippen LogP contribution in [0.25, 0.3) is 0 Å². The van der Waals surface area contributed by atoms with Gasteiger partial charge >= 0.3 is 12.2 Å². The normalized spacial score (nSPS) is 14.9. The number of imide groups is 1. The minimum atomic E-state index is -1.06. The van der Waals surface area contributed by atoms with Crippen LogP contribution in [0.2, 0.25) is 0 Å². The molecule has 1 heterocycles. The standard InChI is InChI=1S/C21H29N3O6/c1-20(2,3)24(21(4,5)6)19(28)30-12-13(11-29-18(22)27)23-16(25)14-9-7-8-10-15(14)17(23)26/h7-10,13H,11-12H2,1-6H3,(H2,22,27). The second-order valence-corrected chi connectivity index (χ2v) is 9.06. The Labute approximate surface area is 176 Å². The molecule has 0 aliphatic carbocycles. The average Bonchev–Trinajstić information content (AvgIpc) is 2.84. The Morgan fingerprint density at radius 2 is 1.37 bits per heavy atom. The van der Waals surface area contributed by atoms with Gasteiger partial charge in [0, 0.05) is 11.1 Å². The zero-order valence-electron chi connectivity index (χ0n) is 18.2. The van der Waals surface area contributed by atoms with Gasteiger partial charge in [-0.15, -0.1) is 0 Å². The molecule has 1 aromatic rings. The van der Waals surface area contributed by atoms with E-state index >= 15 is 0 Å². The van der Waals surface area contributed by atoms with Crippen LogP contribution >= 0.6 is 0 Å². The number of fused-ring (bicyclic) bond motifs is 1. The van der Waals surface area contributed by atoms with Gasteiger partial charge in [0.1, 0.15) is 19.3 Å². The van der Waals surface area contributed by atoms with E-state index in [0.717, 1.165) is 4.90 Å². The highest BCUT2D eigenvalue weighted by molar-refractivity contribution is 6.21. The summed E-state index contributed by atoms with van der Waals surface area (Å²) in [7, 11) is 0. The van der Waals surface area contributed by atoms with Crippen LogP contribution in [0, 0.1) is 0 Å². The number of nitrogens with zero attached hydrogens (tertiary/aromatic N) is 2. The lowest BCUT2D eigenvalue weighted by Crippen LogP contribution is -2.56. The van der Waals surface area contributed by atoms with Crippen LogP contribution < -0.4 is 5.73 Å². The van der Waals surface area contributed by atoms with Gasteiger partial charge < -0.3 is 15.2 Å². The quantitative estimate of drug-likeness (QED) is 0.733. The molecular weight excluding hydrogens is 390 g/mol. The van der Waals surface area contributed by atoms with Crippen molar-refractivity contribution in [1.29, 1.82) is 0 Å². The molecule has 1 unspecified atom stereocenters.